The van der Waals surface area contributed by atoms with Gasteiger partial charge in [-0.25, -0.2) is 0 Å². The summed E-state index contributed by atoms with van der Waals surface area (Å²) in [6.45, 7) is 10.7. The molecule has 1 atom stereocenters. The van der Waals surface area contributed by atoms with E-state index in [1.165, 1.54) is 6.07 Å². The van der Waals surface area contributed by atoms with E-state index < -0.39 is 48.0 Å². The zero-order valence-electron chi connectivity index (χ0n) is 19.9. The summed E-state index contributed by atoms with van der Waals surface area (Å²) in [5.41, 5.74) is -0.124. The third-order valence-corrected chi connectivity index (χ3v) is 6.08. The van der Waals surface area contributed by atoms with Crippen molar-refractivity contribution in [3.05, 3.63) is 59.2 Å². The number of rotatable bonds is 5. The third-order valence-electron chi connectivity index (χ3n) is 6.08. The molecule has 1 fully saturated rings. The van der Waals surface area contributed by atoms with Gasteiger partial charge in [0.05, 0.1) is 16.8 Å². The van der Waals surface area contributed by atoms with E-state index >= 15 is 0 Å². The van der Waals surface area contributed by atoms with E-state index in [2.05, 4.69) is 5.32 Å². The van der Waals surface area contributed by atoms with Gasteiger partial charge in [0.25, 0.3) is 5.91 Å². The Balaban J connectivity index is 1.83. The van der Waals surface area contributed by atoms with Crippen LogP contribution in [0.2, 0.25) is 0 Å². The van der Waals surface area contributed by atoms with Gasteiger partial charge >= 0.3 is 19.3 Å². The molecule has 34 heavy (non-hydrogen) atoms. The summed E-state index contributed by atoms with van der Waals surface area (Å²) in [4.78, 5) is 24.5. The van der Waals surface area contributed by atoms with E-state index in [4.69, 9.17) is 14.0 Å². The topological polar surface area (TPSA) is 73.9 Å². The van der Waals surface area contributed by atoms with Crippen LogP contribution in [0.1, 0.15) is 57.4 Å². The smallest absolute Gasteiger partial charge is 0.447 e. The second-order valence-electron chi connectivity index (χ2n) is 9.26. The minimum atomic E-state index is -4.60. The predicted molar refractivity (Wildman–Crippen MR) is 121 cm³/mol. The summed E-state index contributed by atoms with van der Waals surface area (Å²) in [5.74, 6) is -1.58. The van der Waals surface area contributed by atoms with Crippen molar-refractivity contribution in [2.75, 3.05) is 5.32 Å². The van der Waals surface area contributed by atoms with Crippen molar-refractivity contribution < 1.29 is 36.8 Å². The fourth-order valence-corrected chi connectivity index (χ4v) is 3.51. The van der Waals surface area contributed by atoms with Crippen molar-refractivity contribution in [1.29, 1.82) is 0 Å². The molecule has 1 heterocycles. The van der Waals surface area contributed by atoms with Crippen LogP contribution in [-0.2, 0) is 29.8 Å². The van der Waals surface area contributed by atoms with E-state index in [9.17, 15) is 22.8 Å². The van der Waals surface area contributed by atoms with Crippen molar-refractivity contribution in [3.63, 3.8) is 0 Å². The van der Waals surface area contributed by atoms with Crippen molar-refractivity contribution in [2.45, 2.75) is 65.0 Å². The molecule has 0 radical (unpaired) electrons. The zero-order valence-corrected chi connectivity index (χ0v) is 19.9. The van der Waals surface area contributed by atoms with Crippen LogP contribution in [0.4, 0.5) is 18.9 Å². The Morgan fingerprint density at radius 2 is 1.65 bits per heavy atom. The summed E-state index contributed by atoms with van der Waals surface area (Å²) in [6.07, 6.45) is -6.16. The number of benzene rings is 2. The zero-order chi connectivity index (χ0) is 25.5. The van der Waals surface area contributed by atoms with E-state index in [1.54, 1.807) is 18.2 Å². The molecule has 0 saturated carbocycles. The fourth-order valence-electron chi connectivity index (χ4n) is 3.51. The quantitative estimate of drug-likeness (QED) is 0.505. The molecule has 1 N–H and O–H groups in total. The Bertz CT molecular complexity index is 1080. The number of halogens is 3. The number of aryl methyl sites for hydroxylation is 1. The highest BCUT2D eigenvalue weighted by Gasteiger charge is 2.52. The van der Waals surface area contributed by atoms with E-state index in [1.807, 2.05) is 34.6 Å². The molecule has 3 rings (SSSR count). The van der Waals surface area contributed by atoms with Crippen LogP contribution in [0.5, 0.6) is 0 Å². The van der Waals surface area contributed by atoms with E-state index in [-0.39, 0.29) is 5.56 Å². The normalized spacial score (nSPS) is 17.9. The summed E-state index contributed by atoms with van der Waals surface area (Å²) in [7, 11) is -0.589. The standard InChI is InChI=1S/C24H27BF3NO5/c1-14-12-18(10-11-19(14)25-33-22(3,4)23(5,6)34-25)29-21(31)20(32-15(2)30)16-8-7-9-17(13-16)24(26,27)28/h7-13,20H,1-6H3,(H,29,31). The van der Waals surface area contributed by atoms with Crippen LogP contribution in [0.3, 0.4) is 0 Å². The van der Waals surface area contributed by atoms with Crippen LogP contribution in [-0.4, -0.2) is 30.2 Å². The molecule has 6 nitrogen and oxygen atoms in total. The second-order valence-corrected chi connectivity index (χ2v) is 9.26. The Morgan fingerprint density at radius 1 is 1.03 bits per heavy atom. The predicted octanol–water partition coefficient (Wildman–Crippen LogP) is 4.56. The number of alkyl halides is 3. The number of hydrogen-bond donors (Lipinski definition) is 1. The molecular weight excluding hydrogens is 450 g/mol. The first-order chi connectivity index (χ1) is 15.6. The maximum absolute atomic E-state index is 13.1. The number of nitrogens with one attached hydrogen (secondary N) is 1. The lowest BCUT2D eigenvalue weighted by Crippen LogP contribution is -2.41. The van der Waals surface area contributed by atoms with Crippen LogP contribution in [0, 0.1) is 6.92 Å². The first-order valence-corrected chi connectivity index (χ1v) is 10.7. The molecule has 0 bridgehead atoms. The van der Waals surface area contributed by atoms with Crippen molar-refractivity contribution in [1.82, 2.24) is 0 Å². The molecule has 2 aromatic carbocycles. The Kier molecular flexibility index (Phi) is 6.88. The van der Waals surface area contributed by atoms with Crippen LogP contribution in [0.25, 0.3) is 0 Å². The molecule has 0 aliphatic carbocycles. The Labute approximate surface area is 196 Å². The molecular formula is C24H27BF3NO5. The first kappa shape index (κ1) is 25.8. The molecule has 0 aromatic heterocycles. The van der Waals surface area contributed by atoms with E-state index in [0.717, 1.165) is 36.1 Å². The van der Waals surface area contributed by atoms with Gasteiger partial charge in [-0.15, -0.1) is 0 Å². The first-order valence-electron chi connectivity index (χ1n) is 10.7. The molecule has 1 saturated heterocycles. The maximum atomic E-state index is 13.1. The number of carbonyl (C=O) groups is 2. The molecule has 0 spiro atoms. The molecule has 2 aromatic rings. The number of hydrogen-bond acceptors (Lipinski definition) is 5. The molecule has 10 heteroatoms. The number of amides is 1. The molecule has 182 valence electrons. The summed E-state index contributed by atoms with van der Waals surface area (Å²) >= 11 is 0. The minimum Gasteiger partial charge on any atom is -0.447 e. The van der Waals surface area contributed by atoms with Gasteiger partial charge in [-0.1, -0.05) is 18.2 Å². The second kappa shape index (κ2) is 9.07. The lowest BCUT2D eigenvalue weighted by molar-refractivity contribution is -0.152. The lowest BCUT2D eigenvalue weighted by atomic mass is 9.76. The average molecular weight is 477 g/mol. The molecule has 1 unspecified atom stereocenters. The SMILES string of the molecule is CC(=O)OC(C(=O)Nc1ccc(B2OC(C)(C)C(C)(C)O2)c(C)c1)c1cccc(C(F)(F)F)c1. The van der Waals surface area contributed by atoms with Crippen LogP contribution < -0.4 is 10.8 Å². The summed E-state index contributed by atoms with van der Waals surface area (Å²) < 4.78 is 56.6. The lowest BCUT2D eigenvalue weighted by Gasteiger charge is -2.32. The van der Waals surface area contributed by atoms with Crippen LogP contribution >= 0.6 is 0 Å². The summed E-state index contributed by atoms with van der Waals surface area (Å²) in [6, 6.07) is 9.19. The monoisotopic (exact) mass is 477 g/mol. The fraction of sp³-hybridized carbons (Fsp3) is 0.417. The van der Waals surface area contributed by atoms with Gasteiger partial charge in [-0.3, -0.25) is 9.59 Å². The maximum Gasteiger partial charge on any atom is 0.495 e. The van der Waals surface area contributed by atoms with Gasteiger partial charge < -0.3 is 19.4 Å². The van der Waals surface area contributed by atoms with Gasteiger partial charge in [0.2, 0.25) is 6.10 Å². The van der Waals surface area contributed by atoms with Gasteiger partial charge in [-0.2, -0.15) is 13.2 Å². The van der Waals surface area contributed by atoms with Gasteiger partial charge in [-0.05, 0) is 69.9 Å². The van der Waals surface area contributed by atoms with Gasteiger partial charge in [0.15, 0.2) is 0 Å². The number of esters is 1. The Morgan fingerprint density at radius 3 is 2.18 bits per heavy atom. The van der Waals surface area contributed by atoms with Gasteiger partial charge in [0, 0.05) is 18.2 Å². The van der Waals surface area contributed by atoms with Gasteiger partial charge in [0.1, 0.15) is 0 Å². The van der Waals surface area contributed by atoms with E-state index in [0.29, 0.717) is 5.69 Å². The highest BCUT2D eigenvalue weighted by atomic mass is 19.4. The van der Waals surface area contributed by atoms with Crippen molar-refractivity contribution in [3.8, 4) is 0 Å². The highest BCUT2D eigenvalue weighted by molar-refractivity contribution is 6.62. The van der Waals surface area contributed by atoms with Crippen molar-refractivity contribution in [2.24, 2.45) is 0 Å². The molecule has 1 aliphatic rings. The number of carbonyl (C=O) groups excluding carboxylic acids is 2. The summed E-state index contributed by atoms with van der Waals surface area (Å²) in [5, 5.41) is 2.62. The highest BCUT2D eigenvalue weighted by Crippen LogP contribution is 2.37. The third kappa shape index (κ3) is 5.44. The minimum absolute atomic E-state index is 0.0897. The molecule has 1 amide bonds. The Hall–Kier alpha value is -2.85. The number of ether oxygens (including phenoxy) is 1. The molecule has 1 aliphatic heterocycles. The van der Waals surface area contributed by atoms with Crippen LogP contribution in [0.15, 0.2) is 42.5 Å². The largest absolute Gasteiger partial charge is 0.495 e. The average Bonchev–Trinajstić information content (AvgIpc) is 2.92. The number of anilines is 1. The van der Waals surface area contributed by atoms with Crippen molar-refractivity contribution >= 4 is 30.1 Å².